The largest absolute Gasteiger partial charge is 0.494 e. The molecule has 0 bridgehead atoms. The molecule has 0 spiro atoms. The Morgan fingerprint density at radius 2 is 1.52 bits per heavy atom. The van der Waals surface area contributed by atoms with Crippen molar-refractivity contribution in [1.82, 2.24) is 5.32 Å². The lowest BCUT2D eigenvalue weighted by Gasteiger charge is -2.32. The molecule has 1 aliphatic heterocycles. The number of aliphatic hydroxyl groups excluding tert-OH is 1. The van der Waals surface area contributed by atoms with Gasteiger partial charge in [0.25, 0.3) is 5.91 Å². The van der Waals surface area contributed by atoms with Crippen LogP contribution in [0.5, 0.6) is 5.75 Å². The Bertz CT molecular complexity index is 1870. The van der Waals surface area contributed by atoms with E-state index < -0.39 is 23.4 Å². The summed E-state index contributed by atoms with van der Waals surface area (Å²) in [6.07, 6.45) is -0.494. The zero-order valence-electron chi connectivity index (χ0n) is 25.9. The van der Waals surface area contributed by atoms with Gasteiger partial charge in [-0.3, -0.25) is 4.79 Å². The Morgan fingerprint density at radius 3 is 2.21 bits per heavy atom. The predicted molar refractivity (Wildman–Crippen MR) is 177 cm³/mol. The molecule has 13 heteroatoms. The van der Waals surface area contributed by atoms with E-state index in [0.29, 0.717) is 52.2 Å². The van der Waals surface area contributed by atoms with Gasteiger partial charge in [0.1, 0.15) is 11.6 Å². The first kappa shape index (κ1) is 33.5. The number of halogens is 1. The molecule has 48 heavy (non-hydrogen) atoms. The Kier molecular flexibility index (Phi) is 11.2. The molecule has 0 aromatic heterocycles. The third-order valence-corrected chi connectivity index (χ3v) is 7.95. The number of ether oxygens (including phenoxy) is 2. The van der Waals surface area contributed by atoms with Crippen LogP contribution in [0.25, 0.3) is 20.9 Å². The quantitative estimate of drug-likeness (QED) is 0.0609. The minimum absolute atomic E-state index is 0.00212. The maximum absolute atomic E-state index is 14.7. The van der Waals surface area contributed by atoms with Gasteiger partial charge in [-0.2, -0.15) is 0 Å². The summed E-state index contributed by atoms with van der Waals surface area (Å²) in [5, 5.41) is 19.5. The minimum atomic E-state index is -1.64. The van der Waals surface area contributed by atoms with Crippen LogP contribution in [-0.4, -0.2) is 35.7 Å². The molecular weight excluding hydrogens is 615 g/mol. The number of aliphatic hydroxyl groups is 1. The second-order valence-corrected chi connectivity index (χ2v) is 11.0. The zero-order chi connectivity index (χ0) is 33.8. The van der Waals surface area contributed by atoms with Gasteiger partial charge in [-0.1, -0.05) is 77.0 Å². The van der Waals surface area contributed by atoms with Crippen LogP contribution < -0.4 is 10.1 Å². The summed E-state index contributed by atoms with van der Waals surface area (Å²) < 4.78 is 27.0. The molecule has 0 radical (unpaired) electrons. The monoisotopic (exact) mass is 648 g/mol. The summed E-state index contributed by atoms with van der Waals surface area (Å²) in [6.45, 7) is 0.302. The summed E-state index contributed by atoms with van der Waals surface area (Å²) in [6, 6.07) is 27.7. The van der Waals surface area contributed by atoms with Crippen LogP contribution >= 0.6 is 0 Å². The third-order valence-electron chi connectivity index (χ3n) is 7.95. The molecule has 2 N–H and O–H groups in total. The molecule has 244 valence electrons. The van der Waals surface area contributed by atoms with Gasteiger partial charge in [0.15, 0.2) is 11.6 Å². The molecule has 5 rings (SSSR count). The van der Waals surface area contributed by atoms with Crippen molar-refractivity contribution in [2.24, 2.45) is 15.2 Å². The summed E-state index contributed by atoms with van der Waals surface area (Å²) in [7, 11) is 0. The highest BCUT2D eigenvalue weighted by Crippen LogP contribution is 2.44. The normalized spacial score (nSPS) is 16.5. The molecule has 0 saturated carbocycles. The Hall–Kier alpha value is -5.87. The van der Waals surface area contributed by atoms with E-state index in [4.69, 9.17) is 30.6 Å². The second kappa shape index (κ2) is 16.1. The van der Waals surface area contributed by atoms with Crippen molar-refractivity contribution in [1.29, 1.82) is 0 Å². The summed E-state index contributed by atoms with van der Waals surface area (Å²) in [4.78, 5) is 25.5. The van der Waals surface area contributed by atoms with Gasteiger partial charge in [-0.15, -0.1) is 0 Å². The number of hydrogen-bond donors (Lipinski definition) is 2. The van der Waals surface area contributed by atoms with E-state index in [1.165, 1.54) is 6.07 Å². The van der Waals surface area contributed by atoms with Crippen molar-refractivity contribution in [3.8, 4) is 5.75 Å². The Balaban J connectivity index is 1.65. The highest BCUT2D eigenvalue weighted by Gasteiger charge is 2.54. The van der Waals surface area contributed by atoms with Crippen molar-refractivity contribution < 1.29 is 23.8 Å². The second-order valence-electron chi connectivity index (χ2n) is 11.0. The van der Waals surface area contributed by atoms with E-state index >= 15 is 0 Å². The maximum Gasteiger partial charge on any atom is 0.252 e. The molecule has 0 fully saturated rings. The predicted octanol–water partition coefficient (Wildman–Crippen LogP) is 7.02. The highest BCUT2D eigenvalue weighted by atomic mass is 19.1. The number of carbonyl (C=O) groups excluding carboxylic acids is 1. The molecule has 0 unspecified atom stereocenters. The van der Waals surface area contributed by atoms with Crippen LogP contribution in [0.4, 0.5) is 4.39 Å². The smallest absolute Gasteiger partial charge is 0.252 e. The SMILES string of the molecule is [N-]=[N+]=NCc1ccccc1C[C@@]1(C(=O)NCc2ccccc2F)N=C(c2ccc(OCCCO)cc2)O[C@@H]1c1ccccc1CN=[N+]=[N-]. The van der Waals surface area contributed by atoms with Crippen molar-refractivity contribution in [3.63, 3.8) is 0 Å². The van der Waals surface area contributed by atoms with Gasteiger partial charge in [0.2, 0.25) is 5.90 Å². The van der Waals surface area contributed by atoms with E-state index in [2.05, 4.69) is 25.4 Å². The van der Waals surface area contributed by atoms with Crippen molar-refractivity contribution in [2.75, 3.05) is 13.2 Å². The van der Waals surface area contributed by atoms with Gasteiger partial charge >= 0.3 is 0 Å². The number of nitrogens with zero attached hydrogens (tertiary/aromatic N) is 7. The van der Waals surface area contributed by atoms with Crippen LogP contribution in [0.15, 0.2) is 112 Å². The molecule has 0 aliphatic carbocycles. The zero-order valence-corrected chi connectivity index (χ0v) is 25.9. The number of rotatable bonds is 15. The minimum Gasteiger partial charge on any atom is -0.494 e. The summed E-state index contributed by atoms with van der Waals surface area (Å²) in [5.74, 6) is -0.208. The van der Waals surface area contributed by atoms with Crippen LogP contribution in [-0.2, 0) is 35.6 Å². The van der Waals surface area contributed by atoms with Crippen LogP contribution in [0.3, 0.4) is 0 Å². The van der Waals surface area contributed by atoms with E-state index in [0.717, 1.165) is 0 Å². The average molecular weight is 649 g/mol. The molecule has 1 aliphatic rings. The topological polar surface area (TPSA) is 178 Å². The fraction of sp³-hybridized carbons (Fsp3) is 0.257. The van der Waals surface area contributed by atoms with Crippen LogP contribution in [0.1, 0.15) is 45.9 Å². The first-order valence-corrected chi connectivity index (χ1v) is 15.3. The molecule has 0 saturated heterocycles. The lowest BCUT2D eigenvalue weighted by Crippen LogP contribution is -2.50. The number of hydrogen-bond acceptors (Lipinski definition) is 7. The first-order chi connectivity index (χ1) is 23.5. The molecular formula is C35H33FN8O4. The van der Waals surface area contributed by atoms with Crippen LogP contribution in [0, 0.1) is 5.82 Å². The van der Waals surface area contributed by atoms with Gasteiger partial charge in [-0.25, -0.2) is 9.38 Å². The third kappa shape index (κ3) is 7.73. The van der Waals surface area contributed by atoms with Crippen molar-refractivity contribution >= 4 is 11.8 Å². The molecule has 4 aromatic rings. The molecule has 4 aromatic carbocycles. The number of aliphatic imine (C=N–C) groups is 1. The number of azide groups is 2. The number of carbonyl (C=O) groups is 1. The van der Waals surface area contributed by atoms with E-state index in [9.17, 15) is 9.18 Å². The standard InChI is InChI=1S/C35H33FN8O4/c36-31-13-6-4-11-28(31)21-39-34(46)35(20-25-8-1-2-9-26(25)22-40-43-37)32(30-12-5-3-10-27(30)23-41-44-38)48-33(42-35)24-14-16-29(17-15-24)47-19-7-18-45/h1-6,8-17,32,45H,7,18-23H2,(H,39,46)/t32-,35-/m1/s1. The van der Waals surface area contributed by atoms with Crippen molar-refractivity contribution in [3.05, 3.63) is 157 Å². The summed E-state index contributed by atoms with van der Waals surface area (Å²) in [5.41, 5.74) is 20.0. The molecule has 12 nitrogen and oxygen atoms in total. The molecule has 1 heterocycles. The van der Waals surface area contributed by atoms with Crippen molar-refractivity contribution in [2.45, 2.75) is 44.1 Å². The highest BCUT2D eigenvalue weighted by molar-refractivity contribution is 6.01. The molecule has 2 atom stereocenters. The number of nitrogens with one attached hydrogen (secondary N) is 1. The number of amides is 1. The fourth-order valence-electron chi connectivity index (χ4n) is 5.55. The Labute approximate surface area is 276 Å². The van der Waals surface area contributed by atoms with Gasteiger partial charge in [0, 0.05) is 46.9 Å². The maximum atomic E-state index is 14.7. The van der Waals surface area contributed by atoms with Gasteiger partial charge in [0.05, 0.1) is 19.7 Å². The Morgan fingerprint density at radius 1 is 0.896 bits per heavy atom. The van der Waals surface area contributed by atoms with Gasteiger partial charge in [-0.05, 0) is 63.6 Å². The first-order valence-electron chi connectivity index (χ1n) is 15.3. The lowest BCUT2D eigenvalue weighted by atomic mass is 9.79. The average Bonchev–Trinajstić information content (AvgIpc) is 3.50. The lowest BCUT2D eigenvalue weighted by molar-refractivity contribution is -0.129. The van der Waals surface area contributed by atoms with E-state index in [-0.39, 0.29) is 38.6 Å². The fourth-order valence-corrected chi connectivity index (χ4v) is 5.55. The van der Waals surface area contributed by atoms with E-state index in [1.807, 2.05) is 24.3 Å². The van der Waals surface area contributed by atoms with Gasteiger partial charge < -0.3 is 19.9 Å². The molecule has 1 amide bonds. The summed E-state index contributed by atoms with van der Waals surface area (Å²) >= 11 is 0. The van der Waals surface area contributed by atoms with Crippen LogP contribution in [0.2, 0.25) is 0 Å². The van der Waals surface area contributed by atoms with E-state index in [1.54, 1.807) is 66.7 Å². The number of benzene rings is 4.